The number of halogens is 6. The molecule has 2 aromatic rings. The highest BCUT2D eigenvalue weighted by atomic mass is 35.5. The van der Waals surface area contributed by atoms with Gasteiger partial charge in [-0.3, -0.25) is 0 Å². The lowest BCUT2D eigenvalue weighted by Gasteiger charge is -2.13. The second-order valence-corrected chi connectivity index (χ2v) is 4.64. The molecule has 2 rings (SSSR count). The third kappa shape index (κ3) is 2.69. The normalized spacial score (nSPS) is 12.5. The van der Waals surface area contributed by atoms with Gasteiger partial charge >= 0.3 is 0 Å². The Balaban J connectivity index is 2.53. The van der Waals surface area contributed by atoms with E-state index in [0.29, 0.717) is 0 Å². The summed E-state index contributed by atoms with van der Waals surface area (Å²) in [5.74, 6) is -4.54. The van der Waals surface area contributed by atoms with Crippen molar-refractivity contribution in [2.24, 2.45) is 0 Å². The maximum Gasteiger partial charge on any atom is 0.163 e. The molecule has 0 spiro atoms. The van der Waals surface area contributed by atoms with Gasteiger partial charge in [-0.25, -0.2) is 17.6 Å². The summed E-state index contributed by atoms with van der Waals surface area (Å²) in [6.07, 6.45) is 0. The fourth-order valence-electron chi connectivity index (χ4n) is 1.62. The van der Waals surface area contributed by atoms with E-state index < -0.39 is 28.6 Å². The van der Waals surface area contributed by atoms with Crippen molar-refractivity contribution in [3.8, 4) is 0 Å². The summed E-state index contributed by atoms with van der Waals surface area (Å²) < 4.78 is 52.8. The molecule has 19 heavy (non-hydrogen) atoms. The molecule has 0 aliphatic rings. The molecule has 0 nitrogen and oxygen atoms in total. The van der Waals surface area contributed by atoms with Gasteiger partial charge in [-0.05, 0) is 23.8 Å². The Bertz CT molecular complexity index is 628. The van der Waals surface area contributed by atoms with E-state index in [-0.39, 0.29) is 16.1 Å². The van der Waals surface area contributed by atoms with E-state index in [4.69, 9.17) is 23.2 Å². The number of hydrogen-bond acceptors (Lipinski definition) is 0. The zero-order chi connectivity index (χ0) is 14.2. The average Bonchev–Trinajstić information content (AvgIpc) is 2.36. The quantitative estimate of drug-likeness (QED) is 0.405. The second kappa shape index (κ2) is 5.39. The summed E-state index contributed by atoms with van der Waals surface area (Å²) in [7, 11) is 0. The second-order valence-electron chi connectivity index (χ2n) is 3.79. The van der Waals surface area contributed by atoms with Gasteiger partial charge in [-0.1, -0.05) is 23.7 Å². The lowest BCUT2D eigenvalue weighted by molar-refractivity contribution is 0.498. The molecule has 0 N–H and O–H groups in total. The number of rotatable bonds is 2. The van der Waals surface area contributed by atoms with Crippen molar-refractivity contribution in [1.82, 2.24) is 0 Å². The molecule has 1 unspecified atom stereocenters. The minimum absolute atomic E-state index is 0.0354. The van der Waals surface area contributed by atoms with E-state index in [0.717, 1.165) is 18.2 Å². The number of benzene rings is 2. The maximum absolute atomic E-state index is 13.6. The molecular formula is C13H6Cl2F4. The summed E-state index contributed by atoms with van der Waals surface area (Å²) in [6.45, 7) is 0. The van der Waals surface area contributed by atoms with Crippen LogP contribution in [0.1, 0.15) is 16.5 Å². The first-order valence-corrected chi connectivity index (χ1v) is 5.95. The van der Waals surface area contributed by atoms with Crippen molar-refractivity contribution in [3.05, 3.63) is 69.8 Å². The van der Waals surface area contributed by atoms with Crippen LogP contribution >= 0.6 is 23.2 Å². The van der Waals surface area contributed by atoms with Gasteiger partial charge in [-0.2, -0.15) is 0 Å². The van der Waals surface area contributed by atoms with Gasteiger partial charge in [0.25, 0.3) is 0 Å². The summed E-state index contributed by atoms with van der Waals surface area (Å²) in [5.41, 5.74) is -0.235. The largest absolute Gasteiger partial charge is 0.204 e. The van der Waals surface area contributed by atoms with E-state index in [1.807, 2.05) is 0 Å². The van der Waals surface area contributed by atoms with Crippen LogP contribution in [0, 0.1) is 23.3 Å². The van der Waals surface area contributed by atoms with Crippen LogP contribution in [0.3, 0.4) is 0 Å². The molecule has 0 amide bonds. The monoisotopic (exact) mass is 308 g/mol. The predicted molar refractivity (Wildman–Crippen MR) is 65.4 cm³/mol. The van der Waals surface area contributed by atoms with Crippen LogP contribution in [0.15, 0.2) is 30.3 Å². The highest BCUT2D eigenvalue weighted by molar-refractivity contribution is 6.33. The van der Waals surface area contributed by atoms with Crippen molar-refractivity contribution >= 4 is 23.2 Å². The zero-order valence-electron chi connectivity index (χ0n) is 9.23. The highest BCUT2D eigenvalue weighted by Gasteiger charge is 2.21. The molecule has 2 aromatic carbocycles. The predicted octanol–water partition coefficient (Wildman–Crippen LogP) is 5.22. The SMILES string of the molecule is Fc1cc(Cl)c(C(Cl)c2cccc(F)c2F)cc1F. The topological polar surface area (TPSA) is 0 Å². The van der Waals surface area contributed by atoms with Gasteiger partial charge in [0, 0.05) is 10.6 Å². The van der Waals surface area contributed by atoms with Crippen molar-refractivity contribution in [3.63, 3.8) is 0 Å². The Hall–Kier alpha value is -1.26. The molecule has 1 atom stereocenters. The van der Waals surface area contributed by atoms with Crippen LogP contribution in [0.5, 0.6) is 0 Å². The summed E-state index contributed by atoms with van der Waals surface area (Å²) >= 11 is 11.7. The number of hydrogen-bond donors (Lipinski definition) is 0. The van der Waals surface area contributed by atoms with E-state index in [1.165, 1.54) is 12.1 Å². The Morgan fingerprint density at radius 1 is 0.842 bits per heavy atom. The molecular weight excluding hydrogens is 303 g/mol. The fraction of sp³-hybridized carbons (Fsp3) is 0.0769. The number of alkyl halides is 1. The first-order chi connectivity index (χ1) is 8.91. The molecule has 0 aromatic heterocycles. The third-order valence-corrected chi connectivity index (χ3v) is 3.36. The van der Waals surface area contributed by atoms with Crippen LogP contribution in [0.25, 0.3) is 0 Å². The van der Waals surface area contributed by atoms with Gasteiger partial charge in [0.05, 0.1) is 5.38 Å². The van der Waals surface area contributed by atoms with Gasteiger partial charge in [0.15, 0.2) is 23.3 Å². The third-order valence-electron chi connectivity index (χ3n) is 2.57. The molecule has 0 heterocycles. The molecule has 6 heteroatoms. The van der Waals surface area contributed by atoms with Crippen molar-refractivity contribution < 1.29 is 17.6 Å². The molecule has 0 saturated carbocycles. The van der Waals surface area contributed by atoms with Crippen LogP contribution in [0.2, 0.25) is 5.02 Å². The summed E-state index contributed by atoms with van der Waals surface area (Å²) in [6, 6.07) is 4.93. The lowest BCUT2D eigenvalue weighted by Crippen LogP contribution is -2.01. The Morgan fingerprint density at radius 3 is 2.16 bits per heavy atom. The van der Waals surface area contributed by atoms with Gasteiger partial charge in [-0.15, -0.1) is 11.6 Å². The van der Waals surface area contributed by atoms with Crippen LogP contribution in [-0.4, -0.2) is 0 Å². The lowest BCUT2D eigenvalue weighted by atomic mass is 10.0. The molecule has 0 saturated heterocycles. The first kappa shape index (κ1) is 14.2. The summed E-state index contributed by atoms with van der Waals surface area (Å²) in [4.78, 5) is 0. The molecule has 0 radical (unpaired) electrons. The zero-order valence-corrected chi connectivity index (χ0v) is 10.7. The average molecular weight is 309 g/mol. The summed E-state index contributed by atoms with van der Waals surface area (Å²) in [5, 5.41) is -1.39. The molecule has 0 bridgehead atoms. The minimum Gasteiger partial charge on any atom is -0.204 e. The Morgan fingerprint density at radius 2 is 1.47 bits per heavy atom. The van der Waals surface area contributed by atoms with Gasteiger partial charge in [0.1, 0.15) is 0 Å². The van der Waals surface area contributed by atoms with Crippen LogP contribution in [-0.2, 0) is 0 Å². The van der Waals surface area contributed by atoms with Gasteiger partial charge < -0.3 is 0 Å². The Kier molecular flexibility index (Phi) is 4.02. The standard InChI is InChI=1S/C13H6Cl2F4/c14-8-5-11(18)10(17)4-7(8)12(15)6-2-1-3-9(16)13(6)19/h1-5,12H. The van der Waals surface area contributed by atoms with Crippen LogP contribution < -0.4 is 0 Å². The molecule has 0 fully saturated rings. The molecule has 100 valence electrons. The highest BCUT2D eigenvalue weighted by Crippen LogP contribution is 2.36. The molecule has 0 aliphatic carbocycles. The van der Waals surface area contributed by atoms with E-state index in [2.05, 4.69) is 0 Å². The Labute approximate surface area is 116 Å². The molecule has 0 aliphatic heterocycles. The fourth-order valence-corrected chi connectivity index (χ4v) is 2.28. The van der Waals surface area contributed by atoms with Crippen molar-refractivity contribution in [1.29, 1.82) is 0 Å². The minimum atomic E-state index is -1.22. The van der Waals surface area contributed by atoms with E-state index in [1.54, 1.807) is 0 Å². The van der Waals surface area contributed by atoms with E-state index in [9.17, 15) is 17.6 Å². The first-order valence-electron chi connectivity index (χ1n) is 5.14. The van der Waals surface area contributed by atoms with E-state index >= 15 is 0 Å². The van der Waals surface area contributed by atoms with Gasteiger partial charge in [0.2, 0.25) is 0 Å². The van der Waals surface area contributed by atoms with Crippen LogP contribution in [0.4, 0.5) is 17.6 Å². The smallest absolute Gasteiger partial charge is 0.163 e. The maximum atomic E-state index is 13.6. The van der Waals surface area contributed by atoms with Crippen molar-refractivity contribution in [2.45, 2.75) is 5.38 Å². The van der Waals surface area contributed by atoms with Crippen molar-refractivity contribution in [2.75, 3.05) is 0 Å².